The molecular formula is C21H26ClN5O3. The molecule has 0 aliphatic heterocycles. The van der Waals surface area contributed by atoms with E-state index in [1.165, 1.54) is 6.08 Å². The number of hydrogen-bond donors (Lipinski definition) is 3. The third-order valence-electron chi connectivity index (χ3n) is 4.14. The topological polar surface area (TPSA) is 119 Å². The van der Waals surface area contributed by atoms with Crippen molar-refractivity contribution in [3.8, 4) is 0 Å². The van der Waals surface area contributed by atoms with Gasteiger partial charge >= 0.3 is 0 Å². The van der Waals surface area contributed by atoms with Gasteiger partial charge in [0.2, 0.25) is 11.8 Å². The van der Waals surface area contributed by atoms with Crippen LogP contribution in [0.2, 0.25) is 5.15 Å². The highest BCUT2D eigenvalue weighted by Crippen LogP contribution is 2.22. The number of carbonyl (C=O) groups is 3. The van der Waals surface area contributed by atoms with E-state index in [0.717, 1.165) is 5.69 Å². The van der Waals surface area contributed by atoms with Gasteiger partial charge in [0.25, 0.3) is 5.91 Å². The lowest BCUT2D eigenvalue weighted by atomic mass is 10.1. The summed E-state index contributed by atoms with van der Waals surface area (Å²) in [6.45, 7) is 6.76. The third kappa shape index (κ3) is 6.45. The molecule has 1 aromatic carbocycles. The molecule has 0 unspecified atom stereocenters. The molecule has 0 spiro atoms. The Balaban J connectivity index is 2.09. The Labute approximate surface area is 180 Å². The van der Waals surface area contributed by atoms with E-state index in [4.69, 9.17) is 17.3 Å². The van der Waals surface area contributed by atoms with Crippen molar-refractivity contribution in [1.82, 2.24) is 15.1 Å². The van der Waals surface area contributed by atoms with E-state index >= 15 is 0 Å². The largest absolute Gasteiger partial charge is 0.370 e. The van der Waals surface area contributed by atoms with E-state index in [2.05, 4.69) is 29.6 Å². The Kier molecular flexibility index (Phi) is 8.17. The van der Waals surface area contributed by atoms with E-state index in [0.29, 0.717) is 28.9 Å². The first-order valence-corrected chi connectivity index (χ1v) is 9.94. The number of nitrogens with one attached hydrogen (secondary N) is 2. The Morgan fingerprint density at radius 3 is 2.63 bits per heavy atom. The van der Waals surface area contributed by atoms with Gasteiger partial charge in [0.15, 0.2) is 0 Å². The number of primary amides is 1. The molecule has 0 aliphatic rings. The number of hydrogen-bond acceptors (Lipinski definition) is 4. The second-order valence-electron chi connectivity index (χ2n) is 7.21. The average molecular weight is 432 g/mol. The number of carbonyl (C=O) groups excluding carboxylic acids is 3. The first-order chi connectivity index (χ1) is 14.2. The van der Waals surface area contributed by atoms with Gasteiger partial charge in [-0.05, 0) is 31.1 Å². The number of aromatic nitrogens is 2. The average Bonchev–Trinajstić information content (AvgIpc) is 2.92. The summed E-state index contributed by atoms with van der Waals surface area (Å²) >= 11 is 6.39. The minimum absolute atomic E-state index is 0.0353. The zero-order chi connectivity index (χ0) is 22.3. The lowest BCUT2D eigenvalue weighted by molar-refractivity contribution is -0.118. The van der Waals surface area contributed by atoms with Crippen LogP contribution in [-0.2, 0) is 16.1 Å². The maximum atomic E-state index is 12.4. The summed E-state index contributed by atoms with van der Waals surface area (Å²) in [6.07, 6.45) is 2.98. The van der Waals surface area contributed by atoms with Crippen molar-refractivity contribution >= 4 is 41.1 Å². The Bertz CT molecular complexity index is 966. The number of amides is 3. The minimum Gasteiger partial charge on any atom is -0.370 e. The monoisotopic (exact) mass is 431 g/mol. The van der Waals surface area contributed by atoms with Gasteiger partial charge in [-0.25, -0.2) is 0 Å². The number of para-hydroxylation sites is 1. The lowest BCUT2D eigenvalue weighted by Crippen LogP contribution is -2.28. The molecule has 30 heavy (non-hydrogen) atoms. The van der Waals surface area contributed by atoms with E-state index in [1.54, 1.807) is 35.0 Å². The molecule has 0 saturated heterocycles. The predicted molar refractivity (Wildman–Crippen MR) is 117 cm³/mol. The second kappa shape index (κ2) is 10.6. The standard InChI is InChI=1S/C21H26ClN5O3/c1-13(2)12-27-20(22)15(14(3)26-27)8-9-19(29)25-17-7-5-4-6-16(17)21(30)24-11-10-18(23)28/h4-9,13H,10-12H2,1-3H3,(H2,23,28)(H,24,30)(H,25,29)/b9-8+. The van der Waals surface area contributed by atoms with Crippen molar-refractivity contribution in [3.63, 3.8) is 0 Å². The fourth-order valence-corrected chi connectivity index (χ4v) is 3.05. The van der Waals surface area contributed by atoms with Crippen molar-refractivity contribution in [2.45, 2.75) is 33.7 Å². The van der Waals surface area contributed by atoms with E-state index in [9.17, 15) is 14.4 Å². The molecule has 4 N–H and O–H groups in total. The van der Waals surface area contributed by atoms with Gasteiger partial charge in [-0.15, -0.1) is 0 Å². The molecule has 160 valence electrons. The quantitative estimate of drug-likeness (QED) is 0.529. The van der Waals surface area contributed by atoms with Crippen molar-refractivity contribution in [2.75, 3.05) is 11.9 Å². The summed E-state index contributed by atoms with van der Waals surface area (Å²) in [4.78, 5) is 35.5. The molecule has 0 saturated carbocycles. The minimum atomic E-state index is -0.507. The van der Waals surface area contributed by atoms with Gasteiger partial charge in [0.1, 0.15) is 5.15 Å². The summed E-state index contributed by atoms with van der Waals surface area (Å²) in [5.41, 5.74) is 7.09. The molecule has 0 aliphatic carbocycles. The van der Waals surface area contributed by atoms with Crippen LogP contribution in [0.4, 0.5) is 5.69 Å². The van der Waals surface area contributed by atoms with Gasteiger partial charge in [-0.2, -0.15) is 5.10 Å². The van der Waals surface area contributed by atoms with Crippen LogP contribution in [0.15, 0.2) is 30.3 Å². The van der Waals surface area contributed by atoms with Crippen LogP contribution in [0.5, 0.6) is 0 Å². The van der Waals surface area contributed by atoms with Crippen LogP contribution in [-0.4, -0.2) is 34.0 Å². The van der Waals surface area contributed by atoms with Crippen LogP contribution in [0, 0.1) is 12.8 Å². The Hall–Kier alpha value is -3.13. The van der Waals surface area contributed by atoms with Crippen molar-refractivity contribution in [2.24, 2.45) is 11.7 Å². The molecule has 8 nitrogen and oxygen atoms in total. The van der Waals surface area contributed by atoms with E-state index in [1.807, 2.05) is 6.92 Å². The first kappa shape index (κ1) is 23.2. The van der Waals surface area contributed by atoms with Gasteiger partial charge in [0.05, 0.1) is 16.9 Å². The summed E-state index contributed by atoms with van der Waals surface area (Å²) in [7, 11) is 0. The van der Waals surface area contributed by atoms with Gasteiger partial charge in [-0.1, -0.05) is 37.6 Å². The smallest absolute Gasteiger partial charge is 0.253 e. The molecule has 9 heteroatoms. The van der Waals surface area contributed by atoms with Crippen LogP contribution >= 0.6 is 11.6 Å². The zero-order valence-corrected chi connectivity index (χ0v) is 18.0. The van der Waals surface area contributed by atoms with Gasteiger partial charge in [0, 0.05) is 31.1 Å². The van der Waals surface area contributed by atoms with Crippen molar-refractivity contribution in [3.05, 3.63) is 52.3 Å². The maximum absolute atomic E-state index is 12.4. The zero-order valence-electron chi connectivity index (χ0n) is 17.2. The molecular weight excluding hydrogens is 406 g/mol. The lowest BCUT2D eigenvalue weighted by Gasteiger charge is -2.10. The van der Waals surface area contributed by atoms with Crippen LogP contribution in [0.1, 0.15) is 41.9 Å². The highest BCUT2D eigenvalue weighted by molar-refractivity contribution is 6.31. The summed E-state index contributed by atoms with van der Waals surface area (Å²) in [5, 5.41) is 10.2. The van der Waals surface area contributed by atoms with Crippen LogP contribution in [0.3, 0.4) is 0 Å². The van der Waals surface area contributed by atoms with E-state index in [-0.39, 0.29) is 18.5 Å². The van der Waals surface area contributed by atoms with Crippen molar-refractivity contribution in [1.29, 1.82) is 0 Å². The number of halogens is 1. The fourth-order valence-electron chi connectivity index (χ4n) is 2.74. The number of nitrogens with two attached hydrogens (primary N) is 1. The molecule has 1 aromatic heterocycles. The number of anilines is 1. The fraction of sp³-hybridized carbons (Fsp3) is 0.333. The Morgan fingerprint density at radius 2 is 1.97 bits per heavy atom. The molecule has 0 fully saturated rings. The first-order valence-electron chi connectivity index (χ1n) is 9.56. The molecule has 0 radical (unpaired) electrons. The van der Waals surface area contributed by atoms with Crippen molar-refractivity contribution < 1.29 is 14.4 Å². The predicted octanol–water partition coefficient (Wildman–Crippen LogP) is 2.76. The normalized spacial score (nSPS) is 11.1. The molecule has 0 atom stereocenters. The molecule has 3 amide bonds. The molecule has 1 heterocycles. The van der Waals surface area contributed by atoms with Crippen LogP contribution in [0.25, 0.3) is 6.08 Å². The second-order valence-corrected chi connectivity index (χ2v) is 7.56. The Morgan fingerprint density at radius 1 is 1.27 bits per heavy atom. The number of aryl methyl sites for hydroxylation is 1. The molecule has 2 aromatic rings. The van der Waals surface area contributed by atoms with E-state index < -0.39 is 17.7 Å². The SMILES string of the molecule is Cc1nn(CC(C)C)c(Cl)c1/C=C/C(=O)Nc1ccccc1C(=O)NCCC(N)=O. The summed E-state index contributed by atoms with van der Waals surface area (Å²) in [6, 6.07) is 6.58. The summed E-state index contributed by atoms with van der Waals surface area (Å²) < 4.78 is 1.71. The maximum Gasteiger partial charge on any atom is 0.253 e. The third-order valence-corrected chi connectivity index (χ3v) is 4.53. The van der Waals surface area contributed by atoms with Gasteiger partial charge in [-0.3, -0.25) is 19.1 Å². The highest BCUT2D eigenvalue weighted by Gasteiger charge is 2.14. The van der Waals surface area contributed by atoms with Gasteiger partial charge < -0.3 is 16.4 Å². The number of benzene rings is 1. The highest BCUT2D eigenvalue weighted by atomic mass is 35.5. The number of nitrogens with zero attached hydrogens (tertiary/aromatic N) is 2. The summed E-state index contributed by atoms with van der Waals surface area (Å²) in [5.74, 6) is -0.954. The number of rotatable bonds is 9. The van der Waals surface area contributed by atoms with Crippen LogP contribution < -0.4 is 16.4 Å². The molecule has 0 bridgehead atoms. The molecule has 2 rings (SSSR count).